The van der Waals surface area contributed by atoms with Crippen LogP contribution in [0.25, 0.3) is 0 Å². The first-order valence-corrected chi connectivity index (χ1v) is 6.07. The van der Waals surface area contributed by atoms with Crippen LogP contribution in [0.3, 0.4) is 0 Å². The van der Waals surface area contributed by atoms with Gasteiger partial charge in [-0.2, -0.15) is 0 Å². The highest BCUT2D eigenvalue weighted by Gasteiger charge is 2.26. The minimum atomic E-state index is -1.09. The van der Waals surface area contributed by atoms with Gasteiger partial charge < -0.3 is 19.5 Å². The van der Waals surface area contributed by atoms with Crippen LogP contribution in [-0.4, -0.2) is 36.5 Å². The van der Waals surface area contributed by atoms with Crippen LogP contribution in [-0.2, 0) is 19.0 Å². The van der Waals surface area contributed by atoms with Crippen LogP contribution in [0.4, 0.5) is 9.59 Å². The Balaban J connectivity index is 4.37. The van der Waals surface area contributed by atoms with Crippen molar-refractivity contribution in [3.63, 3.8) is 0 Å². The van der Waals surface area contributed by atoms with Crippen molar-refractivity contribution in [2.24, 2.45) is 0 Å². The van der Waals surface area contributed by atoms with Crippen molar-refractivity contribution < 1.29 is 28.6 Å². The van der Waals surface area contributed by atoms with E-state index in [-0.39, 0.29) is 13.0 Å². The Morgan fingerprint density at radius 3 is 2.16 bits per heavy atom. The molecular formula is C12H21NO6. The zero-order valence-electron chi connectivity index (χ0n) is 11.9. The largest absolute Gasteiger partial charge is 0.516 e. The van der Waals surface area contributed by atoms with Crippen LogP contribution in [0.5, 0.6) is 0 Å². The first-order valence-electron chi connectivity index (χ1n) is 6.07. The molecule has 0 heterocycles. The van der Waals surface area contributed by atoms with Gasteiger partial charge in [-0.05, 0) is 34.1 Å². The molecule has 0 bridgehead atoms. The SMILES string of the molecule is CCOC(=O)OC(=O)C(CC)NC(=O)OC(C)(C)C. The van der Waals surface area contributed by atoms with Crippen molar-refractivity contribution in [2.75, 3.05) is 6.61 Å². The fourth-order valence-corrected chi connectivity index (χ4v) is 1.08. The number of carbonyl (C=O) groups excluding carboxylic acids is 3. The maximum absolute atomic E-state index is 11.6. The van der Waals surface area contributed by atoms with Crippen LogP contribution in [0.15, 0.2) is 0 Å². The van der Waals surface area contributed by atoms with Crippen LogP contribution < -0.4 is 5.32 Å². The number of amides is 1. The number of carbonyl (C=O) groups is 3. The summed E-state index contributed by atoms with van der Waals surface area (Å²) >= 11 is 0. The Labute approximate surface area is 112 Å². The molecule has 1 amide bonds. The van der Waals surface area contributed by atoms with Gasteiger partial charge >= 0.3 is 18.2 Å². The van der Waals surface area contributed by atoms with E-state index in [0.29, 0.717) is 0 Å². The highest BCUT2D eigenvalue weighted by atomic mass is 16.7. The number of hydrogen-bond acceptors (Lipinski definition) is 6. The highest BCUT2D eigenvalue weighted by molar-refractivity contribution is 5.88. The van der Waals surface area contributed by atoms with E-state index in [4.69, 9.17) is 4.74 Å². The lowest BCUT2D eigenvalue weighted by Gasteiger charge is -2.22. The summed E-state index contributed by atoms with van der Waals surface area (Å²) in [5, 5.41) is 2.33. The van der Waals surface area contributed by atoms with Gasteiger partial charge in [0.25, 0.3) is 0 Å². The normalized spacial score (nSPS) is 12.3. The number of esters is 1. The molecule has 0 aromatic carbocycles. The van der Waals surface area contributed by atoms with Gasteiger partial charge in [0.2, 0.25) is 0 Å². The molecule has 0 aromatic rings. The second kappa shape index (κ2) is 7.60. The molecule has 0 aliphatic heterocycles. The van der Waals surface area contributed by atoms with E-state index in [9.17, 15) is 14.4 Å². The van der Waals surface area contributed by atoms with Gasteiger partial charge in [0.1, 0.15) is 11.6 Å². The number of alkyl carbamates (subject to hydrolysis) is 1. The molecule has 0 saturated carbocycles. The van der Waals surface area contributed by atoms with Gasteiger partial charge in [0.05, 0.1) is 6.61 Å². The van der Waals surface area contributed by atoms with E-state index in [2.05, 4.69) is 14.8 Å². The molecule has 0 radical (unpaired) electrons. The van der Waals surface area contributed by atoms with Crippen molar-refractivity contribution in [3.8, 4) is 0 Å². The molecule has 1 N–H and O–H groups in total. The molecule has 19 heavy (non-hydrogen) atoms. The molecule has 0 spiro atoms. The van der Waals surface area contributed by atoms with Gasteiger partial charge in [-0.15, -0.1) is 0 Å². The van der Waals surface area contributed by atoms with Gasteiger partial charge in [0, 0.05) is 0 Å². The zero-order chi connectivity index (χ0) is 15.1. The summed E-state index contributed by atoms with van der Waals surface area (Å²) in [7, 11) is 0. The molecule has 7 nitrogen and oxygen atoms in total. The average molecular weight is 275 g/mol. The smallest absolute Gasteiger partial charge is 0.444 e. The molecule has 7 heteroatoms. The van der Waals surface area contributed by atoms with Crippen LogP contribution >= 0.6 is 0 Å². The predicted molar refractivity (Wildman–Crippen MR) is 66.6 cm³/mol. The van der Waals surface area contributed by atoms with E-state index in [1.807, 2.05) is 0 Å². The molecule has 1 unspecified atom stereocenters. The van der Waals surface area contributed by atoms with E-state index >= 15 is 0 Å². The average Bonchev–Trinajstić information content (AvgIpc) is 2.23. The Morgan fingerprint density at radius 1 is 1.16 bits per heavy atom. The molecule has 0 aliphatic carbocycles. The summed E-state index contributed by atoms with van der Waals surface area (Å²) in [6.07, 6.45) is -1.57. The molecular weight excluding hydrogens is 254 g/mol. The first-order chi connectivity index (χ1) is 8.69. The van der Waals surface area contributed by atoms with Crippen molar-refractivity contribution in [1.82, 2.24) is 5.32 Å². The second-order valence-electron chi connectivity index (χ2n) is 4.71. The molecule has 0 aliphatic rings. The lowest BCUT2D eigenvalue weighted by molar-refractivity contribution is -0.142. The Hall–Kier alpha value is -1.79. The van der Waals surface area contributed by atoms with Crippen molar-refractivity contribution in [3.05, 3.63) is 0 Å². The number of rotatable bonds is 4. The molecule has 0 rings (SSSR count). The molecule has 110 valence electrons. The predicted octanol–water partition coefficient (Wildman–Crippen LogP) is 1.99. The van der Waals surface area contributed by atoms with Gasteiger partial charge in [-0.25, -0.2) is 14.4 Å². The lowest BCUT2D eigenvalue weighted by Crippen LogP contribution is -2.44. The van der Waals surface area contributed by atoms with Gasteiger partial charge in [-0.1, -0.05) is 6.92 Å². The summed E-state index contributed by atoms with van der Waals surface area (Å²) < 4.78 is 13.9. The maximum Gasteiger partial charge on any atom is 0.516 e. The molecule has 0 fully saturated rings. The van der Waals surface area contributed by atoms with E-state index in [0.717, 1.165) is 0 Å². The topological polar surface area (TPSA) is 90.9 Å². The third kappa shape index (κ3) is 8.01. The standard InChI is InChI=1S/C12H21NO6/c1-6-8(9(14)18-11(16)17-7-2)13-10(15)19-12(3,4)5/h8H,6-7H2,1-5H3,(H,13,15). The number of nitrogens with one attached hydrogen (secondary N) is 1. The summed E-state index contributed by atoms with van der Waals surface area (Å²) in [6.45, 7) is 8.44. The van der Waals surface area contributed by atoms with Crippen LogP contribution in [0.2, 0.25) is 0 Å². The minimum Gasteiger partial charge on any atom is -0.444 e. The fraction of sp³-hybridized carbons (Fsp3) is 0.750. The third-order valence-electron chi connectivity index (χ3n) is 1.83. The summed E-state index contributed by atoms with van der Waals surface area (Å²) in [6, 6.07) is -0.959. The quantitative estimate of drug-likeness (QED) is 0.623. The Bertz CT molecular complexity index is 334. The summed E-state index contributed by atoms with van der Waals surface area (Å²) in [4.78, 5) is 34.0. The monoisotopic (exact) mass is 275 g/mol. The zero-order valence-corrected chi connectivity index (χ0v) is 11.9. The highest BCUT2D eigenvalue weighted by Crippen LogP contribution is 2.07. The van der Waals surface area contributed by atoms with E-state index in [1.165, 1.54) is 0 Å². The third-order valence-corrected chi connectivity index (χ3v) is 1.83. The van der Waals surface area contributed by atoms with Crippen molar-refractivity contribution >= 4 is 18.2 Å². The Morgan fingerprint density at radius 2 is 1.74 bits per heavy atom. The van der Waals surface area contributed by atoms with E-state index in [1.54, 1.807) is 34.6 Å². The van der Waals surface area contributed by atoms with Crippen LogP contribution in [0, 0.1) is 0 Å². The van der Waals surface area contributed by atoms with Crippen molar-refractivity contribution in [2.45, 2.75) is 52.7 Å². The minimum absolute atomic E-state index is 0.0996. The first kappa shape index (κ1) is 17.2. The van der Waals surface area contributed by atoms with Gasteiger partial charge in [0.15, 0.2) is 0 Å². The molecule has 0 aromatic heterocycles. The van der Waals surface area contributed by atoms with E-state index < -0.39 is 29.9 Å². The summed E-state index contributed by atoms with van der Waals surface area (Å²) in [5.41, 5.74) is -0.673. The fourth-order valence-electron chi connectivity index (χ4n) is 1.08. The van der Waals surface area contributed by atoms with Gasteiger partial charge in [-0.3, -0.25) is 0 Å². The summed E-state index contributed by atoms with van der Waals surface area (Å²) in [5.74, 6) is -0.883. The molecule has 0 saturated heterocycles. The number of hydrogen-bond donors (Lipinski definition) is 1. The maximum atomic E-state index is 11.6. The van der Waals surface area contributed by atoms with Crippen molar-refractivity contribution in [1.29, 1.82) is 0 Å². The lowest BCUT2D eigenvalue weighted by atomic mass is 10.2. The Kier molecular flexibility index (Phi) is 6.89. The van der Waals surface area contributed by atoms with Crippen LogP contribution in [0.1, 0.15) is 41.0 Å². The molecule has 1 atom stereocenters. The number of ether oxygens (including phenoxy) is 3. The second-order valence-corrected chi connectivity index (χ2v) is 4.71.